The number of carbonyl (C=O) groups is 4. The molecule has 26 heavy (non-hydrogen) atoms. The molecule has 0 unspecified atom stereocenters. The van der Waals surface area contributed by atoms with Gasteiger partial charge in [-0.3, -0.25) is 24.1 Å². The van der Waals surface area contributed by atoms with E-state index in [4.69, 9.17) is 0 Å². The molecule has 7 heteroatoms. The third kappa shape index (κ3) is 5.81. The van der Waals surface area contributed by atoms with Crippen molar-refractivity contribution >= 4 is 23.6 Å². The summed E-state index contributed by atoms with van der Waals surface area (Å²) in [6.45, 7) is 4.03. The van der Waals surface area contributed by atoms with Crippen molar-refractivity contribution < 1.29 is 19.2 Å². The highest BCUT2D eigenvalue weighted by molar-refractivity contribution is 6.04. The van der Waals surface area contributed by atoms with E-state index in [0.29, 0.717) is 32.6 Å². The van der Waals surface area contributed by atoms with E-state index in [1.807, 2.05) is 4.90 Å². The van der Waals surface area contributed by atoms with Gasteiger partial charge >= 0.3 is 0 Å². The molecule has 2 aliphatic heterocycles. The van der Waals surface area contributed by atoms with Gasteiger partial charge in [0.2, 0.25) is 23.6 Å². The van der Waals surface area contributed by atoms with Gasteiger partial charge in [-0.2, -0.15) is 0 Å². The summed E-state index contributed by atoms with van der Waals surface area (Å²) in [5.74, 6) is -0.582. The number of imide groups is 1. The molecular formula is C19H31N3O4. The Balaban J connectivity index is 1.64. The van der Waals surface area contributed by atoms with Gasteiger partial charge in [-0.05, 0) is 6.42 Å². The first-order chi connectivity index (χ1) is 12.5. The van der Waals surface area contributed by atoms with Gasteiger partial charge in [0.25, 0.3) is 0 Å². The van der Waals surface area contributed by atoms with E-state index >= 15 is 0 Å². The topological polar surface area (TPSA) is 78.0 Å². The molecule has 0 saturated carbocycles. The Morgan fingerprint density at radius 1 is 0.769 bits per heavy atom. The van der Waals surface area contributed by atoms with Crippen LogP contribution in [0.25, 0.3) is 0 Å². The number of piperazine rings is 1. The van der Waals surface area contributed by atoms with Gasteiger partial charge in [-0.1, -0.05) is 39.0 Å². The molecule has 0 aromatic carbocycles. The van der Waals surface area contributed by atoms with Crippen LogP contribution in [0.15, 0.2) is 0 Å². The van der Waals surface area contributed by atoms with Crippen LogP contribution in [0.5, 0.6) is 0 Å². The lowest BCUT2D eigenvalue weighted by Gasteiger charge is -2.35. The third-order valence-electron chi connectivity index (χ3n) is 5.18. The molecular weight excluding hydrogens is 334 g/mol. The molecule has 0 aromatic rings. The van der Waals surface area contributed by atoms with Crippen LogP contribution in [0.4, 0.5) is 0 Å². The van der Waals surface area contributed by atoms with Crippen LogP contribution in [-0.2, 0) is 19.2 Å². The van der Waals surface area contributed by atoms with E-state index in [1.165, 1.54) is 25.7 Å². The lowest BCUT2D eigenvalue weighted by Crippen LogP contribution is -2.53. The van der Waals surface area contributed by atoms with Crippen molar-refractivity contribution in [2.75, 3.05) is 32.7 Å². The summed E-state index contributed by atoms with van der Waals surface area (Å²) in [5, 5.41) is 0. The normalized spacial score (nSPS) is 18.0. The fourth-order valence-electron chi connectivity index (χ4n) is 3.45. The summed E-state index contributed by atoms with van der Waals surface area (Å²) in [6.07, 6.45) is 7.94. The number of carbonyl (C=O) groups excluding carboxylic acids is 4. The molecule has 0 spiro atoms. The number of hydrogen-bond donors (Lipinski definition) is 0. The molecule has 0 bridgehead atoms. The smallest absolute Gasteiger partial charge is 0.242 e. The van der Waals surface area contributed by atoms with Crippen molar-refractivity contribution in [1.29, 1.82) is 0 Å². The average Bonchev–Trinajstić information content (AvgIpc) is 2.96. The van der Waals surface area contributed by atoms with Crippen LogP contribution in [0.2, 0.25) is 0 Å². The van der Waals surface area contributed by atoms with Gasteiger partial charge in [0.05, 0.1) is 0 Å². The van der Waals surface area contributed by atoms with Crippen molar-refractivity contribution in [3.8, 4) is 0 Å². The van der Waals surface area contributed by atoms with E-state index in [9.17, 15) is 19.2 Å². The second-order valence-corrected chi connectivity index (χ2v) is 7.15. The van der Waals surface area contributed by atoms with Gasteiger partial charge in [0.1, 0.15) is 6.54 Å². The Hall–Kier alpha value is -1.92. The molecule has 0 N–H and O–H groups in total. The Morgan fingerprint density at radius 2 is 1.27 bits per heavy atom. The van der Waals surface area contributed by atoms with Crippen LogP contribution < -0.4 is 0 Å². The first-order valence-corrected chi connectivity index (χ1v) is 9.91. The fourth-order valence-corrected chi connectivity index (χ4v) is 3.45. The SMILES string of the molecule is CCCCCCCCC(=O)N1CCN(C(=O)CN2C(=O)CCC2=O)CC1. The lowest BCUT2D eigenvalue weighted by atomic mass is 10.1. The van der Waals surface area contributed by atoms with Crippen LogP contribution in [0.3, 0.4) is 0 Å². The summed E-state index contributed by atoms with van der Waals surface area (Å²) < 4.78 is 0. The average molecular weight is 365 g/mol. The maximum absolute atomic E-state index is 12.3. The molecule has 4 amide bonds. The minimum atomic E-state index is -0.267. The highest BCUT2D eigenvalue weighted by atomic mass is 16.2. The Bertz CT molecular complexity index is 511. The van der Waals surface area contributed by atoms with Crippen molar-refractivity contribution in [1.82, 2.24) is 14.7 Å². The molecule has 146 valence electrons. The maximum atomic E-state index is 12.3. The summed E-state index contributed by atoms with van der Waals surface area (Å²) in [7, 11) is 0. The molecule has 0 aromatic heterocycles. The summed E-state index contributed by atoms with van der Waals surface area (Å²) in [4.78, 5) is 52.3. The molecule has 0 radical (unpaired) electrons. The Kier molecular flexibility index (Phi) is 8.06. The van der Waals surface area contributed by atoms with Crippen molar-refractivity contribution in [3.05, 3.63) is 0 Å². The molecule has 2 fully saturated rings. The lowest BCUT2D eigenvalue weighted by molar-refractivity contribution is -0.147. The molecule has 7 nitrogen and oxygen atoms in total. The van der Waals surface area contributed by atoms with E-state index in [0.717, 1.165) is 17.7 Å². The minimum absolute atomic E-state index is 0.163. The standard InChI is InChI=1S/C19H31N3O4/c1-2-3-4-5-6-7-8-16(23)20-11-13-21(14-12-20)19(26)15-22-17(24)9-10-18(22)25/h2-15H2,1H3. The predicted molar refractivity (Wildman–Crippen MR) is 97.1 cm³/mol. The van der Waals surface area contributed by atoms with E-state index in [2.05, 4.69) is 6.92 Å². The molecule has 2 saturated heterocycles. The predicted octanol–water partition coefficient (Wildman–Crippen LogP) is 1.56. The van der Waals surface area contributed by atoms with Gasteiger partial charge < -0.3 is 9.80 Å². The quantitative estimate of drug-likeness (QED) is 0.459. The molecule has 2 heterocycles. The Labute approximate surface area is 155 Å². The van der Waals surface area contributed by atoms with Crippen LogP contribution in [-0.4, -0.2) is 71.1 Å². The van der Waals surface area contributed by atoms with Crippen LogP contribution >= 0.6 is 0 Å². The minimum Gasteiger partial charge on any atom is -0.339 e. The van der Waals surface area contributed by atoms with E-state index in [1.54, 1.807) is 4.90 Å². The zero-order valence-corrected chi connectivity index (χ0v) is 15.9. The molecule has 2 rings (SSSR count). The van der Waals surface area contributed by atoms with Gasteiger partial charge in [0.15, 0.2) is 0 Å². The Morgan fingerprint density at radius 3 is 1.85 bits per heavy atom. The largest absolute Gasteiger partial charge is 0.339 e. The monoisotopic (exact) mass is 365 g/mol. The van der Waals surface area contributed by atoms with Crippen molar-refractivity contribution in [3.63, 3.8) is 0 Å². The van der Waals surface area contributed by atoms with Gasteiger partial charge in [-0.15, -0.1) is 0 Å². The van der Waals surface area contributed by atoms with E-state index < -0.39 is 0 Å². The third-order valence-corrected chi connectivity index (χ3v) is 5.18. The first-order valence-electron chi connectivity index (χ1n) is 9.91. The fraction of sp³-hybridized carbons (Fsp3) is 0.789. The van der Waals surface area contributed by atoms with Crippen LogP contribution in [0.1, 0.15) is 64.7 Å². The number of nitrogens with zero attached hydrogens (tertiary/aromatic N) is 3. The maximum Gasteiger partial charge on any atom is 0.242 e. The van der Waals surface area contributed by atoms with E-state index in [-0.39, 0.29) is 43.0 Å². The van der Waals surface area contributed by atoms with Crippen molar-refractivity contribution in [2.45, 2.75) is 64.7 Å². The molecule has 0 atom stereocenters. The number of likely N-dealkylation sites (tertiary alicyclic amines) is 1. The molecule has 2 aliphatic rings. The number of unbranched alkanes of at least 4 members (excludes halogenated alkanes) is 5. The number of rotatable bonds is 9. The van der Waals surface area contributed by atoms with Gasteiger partial charge in [0, 0.05) is 45.4 Å². The van der Waals surface area contributed by atoms with Gasteiger partial charge in [-0.25, -0.2) is 0 Å². The highest BCUT2D eigenvalue weighted by Gasteiger charge is 2.32. The summed E-state index contributed by atoms with van der Waals surface area (Å²) >= 11 is 0. The first kappa shape index (κ1) is 20.4. The molecule has 0 aliphatic carbocycles. The number of hydrogen-bond acceptors (Lipinski definition) is 4. The second-order valence-electron chi connectivity index (χ2n) is 7.15. The zero-order chi connectivity index (χ0) is 18.9. The number of amides is 4. The van der Waals surface area contributed by atoms with Crippen LogP contribution in [0, 0.1) is 0 Å². The second kappa shape index (κ2) is 10.3. The van der Waals surface area contributed by atoms with Crippen molar-refractivity contribution in [2.24, 2.45) is 0 Å². The highest BCUT2D eigenvalue weighted by Crippen LogP contribution is 2.13. The zero-order valence-electron chi connectivity index (χ0n) is 15.9. The summed E-state index contributed by atoms with van der Waals surface area (Å²) in [5.41, 5.74) is 0. The summed E-state index contributed by atoms with van der Waals surface area (Å²) in [6, 6.07) is 0.